The van der Waals surface area contributed by atoms with Crippen molar-refractivity contribution >= 4 is 12.1 Å². The molecule has 0 aromatic heterocycles. The molecule has 0 aliphatic heterocycles. The molecule has 12 heavy (non-hydrogen) atoms. The second kappa shape index (κ2) is 3.90. The Morgan fingerprint density at radius 3 is 2.75 bits per heavy atom. The van der Waals surface area contributed by atoms with E-state index in [0.29, 0.717) is 5.92 Å². The SMILES string of the molecule is CC(C)c1cccc(N[C]=O)c1. The molecule has 1 aromatic carbocycles. The highest BCUT2D eigenvalue weighted by molar-refractivity contribution is 5.71. The van der Waals surface area contributed by atoms with Crippen LogP contribution in [-0.4, -0.2) is 6.41 Å². The summed E-state index contributed by atoms with van der Waals surface area (Å²) in [5.74, 6) is 0.485. The minimum Gasteiger partial charge on any atom is -0.318 e. The molecule has 1 amide bonds. The highest BCUT2D eigenvalue weighted by Gasteiger charge is 1.98. The number of benzene rings is 1. The van der Waals surface area contributed by atoms with Crippen molar-refractivity contribution in [2.24, 2.45) is 0 Å². The number of anilines is 1. The van der Waals surface area contributed by atoms with Gasteiger partial charge in [-0.15, -0.1) is 0 Å². The molecule has 1 rings (SSSR count). The third kappa shape index (κ3) is 2.09. The van der Waals surface area contributed by atoms with E-state index in [1.807, 2.05) is 24.3 Å². The Hall–Kier alpha value is -1.31. The van der Waals surface area contributed by atoms with Crippen LogP contribution in [0.2, 0.25) is 0 Å². The van der Waals surface area contributed by atoms with Gasteiger partial charge in [0.1, 0.15) is 0 Å². The lowest BCUT2D eigenvalue weighted by atomic mass is 10.0. The van der Waals surface area contributed by atoms with Crippen LogP contribution in [-0.2, 0) is 4.79 Å². The van der Waals surface area contributed by atoms with E-state index in [0.717, 1.165) is 5.69 Å². The fraction of sp³-hybridized carbons (Fsp3) is 0.300. The van der Waals surface area contributed by atoms with Crippen molar-refractivity contribution in [1.29, 1.82) is 0 Å². The zero-order chi connectivity index (χ0) is 8.97. The smallest absolute Gasteiger partial charge is 0.314 e. The van der Waals surface area contributed by atoms with Crippen LogP contribution in [0.1, 0.15) is 25.3 Å². The Morgan fingerprint density at radius 2 is 2.17 bits per heavy atom. The van der Waals surface area contributed by atoms with Gasteiger partial charge in [-0.05, 0) is 23.6 Å². The Morgan fingerprint density at radius 1 is 1.42 bits per heavy atom. The minimum absolute atomic E-state index is 0.485. The number of amides is 1. The van der Waals surface area contributed by atoms with Gasteiger partial charge in [0.15, 0.2) is 0 Å². The number of carbonyl (C=O) groups excluding carboxylic acids is 1. The molecule has 0 aliphatic rings. The maximum atomic E-state index is 10.0. The molecule has 2 heteroatoms. The predicted octanol–water partition coefficient (Wildman–Crippen LogP) is 2.29. The van der Waals surface area contributed by atoms with E-state index in [4.69, 9.17) is 0 Å². The van der Waals surface area contributed by atoms with Crippen molar-refractivity contribution in [3.05, 3.63) is 29.8 Å². The summed E-state index contributed by atoms with van der Waals surface area (Å²) in [7, 11) is 0. The van der Waals surface area contributed by atoms with Gasteiger partial charge < -0.3 is 5.32 Å². The first-order valence-electron chi connectivity index (χ1n) is 3.97. The monoisotopic (exact) mass is 162 g/mol. The molecule has 0 spiro atoms. The second-order valence-corrected chi connectivity index (χ2v) is 3.01. The summed E-state index contributed by atoms with van der Waals surface area (Å²) < 4.78 is 0. The molecule has 0 fully saturated rings. The van der Waals surface area contributed by atoms with Gasteiger partial charge in [0.25, 0.3) is 0 Å². The lowest BCUT2D eigenvalue weighted by Crippen LogP contribution is -1.95. The fourth-order valence-electron chi connectivity index (χ4n) is 1.03. The standard InChI is InChI=1S/C10H12NO/c1-8(2)9-4-3-5-10(6-9)11-7-12/h3-6,8H,1-2H3,(H,11,12). The Bertz CT molecular complexity index is 268. The van der Waals surface area contributed by atoms with E-state index in [2.05, 4.69) is 19.2 Å². The van der Waals surface area contributed by atoms with Gasteiger partial charge in [-0.2, -0.15) is 0 Å². The number of hydrogen-bond acceptors (Lipinski definition) is 1. The molecule has 2 nitrogen and oxygen atoms in total. The van der Waals surface area contributed by atoms with E-state index in [1.165, 1.54) is 5.56 Å². The maximum Gasteiger partial charge on any atom is 0.314 e. The summed E-state index contributed by atoms with van der Waals surface area (Å²) in [5, 5.41) is 2.50. The fourth-order valence-corrected chi connectivity index (χ4v) is 1.03. The van der Waals surface area contributed by atoms with Crippen LogP contribution in [0.3, 0.4) is 0 Å². The van der Waals surface area contributed by atoms with E-state index in [9.17, 15) is 4.79 Å². The van der Waals surface area contributed by atoms with Crippen LogP contribution >= 0.6 is 0 Å². The highest BCUT2D eigenvalue weighted by atomic mass is 16.1. The molecule has 0 unspecified atom stereocenters. The summed E-state index contributed by atoms with van der Waals surface area (Å²) in [4.78, 5) is 10.0. The molecule has 0 saturated heterocycles. The molecule has 0 aliphatic carbocycles. The zero-order valence-electron chi connectivity index (χ0n) is 7.29. The van der Waals surface area contributed by atoms with E-state index in [1.54, 1.807) is 6.41 Å². The molecular weight excluding hydrogens is 150 g/mol. The molecule has 0 bridgehead atoms. The molecule has 0 saturated carbocycles. The molecule has 63 valence electrons. The molecule has 1 N–H and O–H groups in total. The van der Waals surface area contributed by atoms with Gasteiger partial charge in [-0.25, -0.2) is 0 Å². The lowest BCUT2D eigenvalue weighted by molar-refractivity contribution is 0.561. The first kappa shape index (κ1) is 8.78. The van der Waals surface area contributed by atoms with E-state index in [-0.39, 0.29) is 0 Å². The van der Waals surface area contributed by atoms with Gasteiger partial charge in [-0.1, -0.05) is 26.0 Å². The highest BCUT2D eigenvalue weighted by Crippen LogP contribution is 2.17. The predicted molar refractivity (Wildman–Crippen MR) is 49.8 cm³/mol. The summed E-state index contributed by atoms with van der Waals surface area (Å²) >= 11 is 0. The number of hydrogen-bond donors (Lipinski definition) is 1. The topological polar surface area (TPSA) is 29.1 Å². The van der Waals surface area contributed by atoms with Crippen molar-refractivity contribution in [3.63, 3.8) is 0 Å². The van der Waals surface area contributed by atoms with Crippen LogP contribution in [0.5, 0.6) is 0 Å². The van der Waals surface area contributed by atoms with Gasteiger partial charge >= 0.3 is 6.41 Å². The molecule has 1 radical (unpaired) electrons. The van der Waals surface area contributed by atoms with Crippen molar-refractivity contribution < 1.29 is 4.79 Å². The van der Waals surface area contributed by atoms with E-state index >= 15 is 0 Å². The van der Waals surface area contributed by atoms with Crippen LogP contribution in [0.4, 0.5) is 5.69 Å². The number of nitrogens with one attached hydrogen (secondary N) is 1. The molecule has 1 aromatic rings. The maximum absolute atomic E-state index is 10.0. The van der Waals surface area contributed by atoms with Crippen molar-refractivity contribution in [1.82, 2.24) is 0 Å². The first-order chi connectivity index (χ1) is 5.74. The Balaban J connectivity index is 2.87. The number of rotatable bonds is 3. The van der Waals surface area contributed by atoms with Crippen LogP contribution in [0.15, 0.2) is 24.3 Å². The lowest BCUT2D eigenvalue weighted by Gasteiger charge is -2.06. The third-order valence-corrected chi connectivity index (χ3v) is 1.75. The summed E-state index contributed by atoms with van der Waals surface area (Å²) in [5.41, 5.74) is 2.02. The van der Waals surface area contributed by atoms with Crippen LogP contribution < -0.4 is 5.32 Å². The first-order valence-corrected chi connectivity index (χ1v) is 3.97. The Kier molecular flexibility index (Phi) is 2.86. The average molecular weight is 162 g/mol. The van der Waals surface area contributed by atoms with E-state index < -0.39 is 0 Å². The van der Waals surface area contributed by atoms with Gasteiger partial charge in [-0.3, -0.25) is 4.79 Å². The van der Waals surface area contributed by atoms with Crippen LogP contribution in [0, 0.1) is 0 Å². The average Bonchev–Trinajstić information content (AvgIpc) is 2.05. The van der Waals surface area contributed by atoms with Crippen LogP contribution in [0.25, 0.3) is 0 Å². The largest absolute Gasteiger partial charge is 0.318 e. The summed E-state index contributed by atoms with van der Waals surface area (Å²) in [6, 6.07) is 7.77. The van der Waals surface area contributed by atoms with Gasteiger partial charge in [0.05, 0.1) is 0 Å². The summed E-state index contributed by atoms with van der Waals surface area (Å²) in [6.07, 6.45) is 1.65. The summed E-state index contributed by atoms with van der Waals surface area (Å²) in [6.45, 7) is 4.23. The van der Waals surface area contributed by atoms with Gasteiger partial charge in [0.2, 0.25) is 0 Å². The third-order valence-electron chi connectivity index (χ3n) is 1.75. The molecule has 0 atom stereocenters. The molecule has 0 heterocycles. The zero-order valence-corrected chi connectivity index (χ0v) is 7.29. The quantitative estimate of drug-likeness (QED) is 0.679. The van der Waals surface area contributed by atoms with Gasteiger partial charge in [0, 0.05) is 5.69 Å². The second-order valence-electron chi connectivity index (χ2n) is 3.01. The van der Waals surface area contributed by atoms with Crippen molar-refractivity contribution in [2.45, 2.75) is 19.8 Å². The van der Waals surface area contributed by atoms with Crippen molar-refractivity contribution in [3.8, 4) is 0 Å². The van der Waals surface area contributed by atoms with Crippen molar-refractivity contribution in [2.75, 3.05) is 5.32 Å². The normalized spacial score (nSPS) is 9.92. The minimum atomic E-state index is 0.485. The molecular formula is C10H12NO. The Labute approximate surface area is 72.6 Å².